The largest absolute Gasteiger partial charge is 0.375 e. The maximum Gasteiger partial charge on any atom is 0.180 e. The molecular weight excluding hydrogens is 392 g/mol. The fourth-order valence-electron chi connectivity index (χ4n) is 1.86. The number of nitrogen functional groups attached to an aromatic ring is 1. The number of anilines is 1. The second-order valence-electron chi connectivity index (χ2n) is 7.13. The number of rotatable bonds is 3. The van der Waals surface area contributed by atoms with Gasteiger partial charge in [0, 0.05) is 33.2 Å². The number of hydrogen-bond acceptors (Lipinski definition) is 7. The van der Waals surface area contributed by atoms with Crippen LogP contribution in [0.1, 0.15) is 83.9 Å². The van der Waals surface area contributed by atoms with Gasteiger partial charge in [-0.15, -0.1) is 34.0 Å². The second kappa shape index (κ2) is 11.5. The lowest BCUT2D eigenvalue weighted by Crippen LogP contribution is -1.78. The minimum atomic E-state index is 0.555. The van der Waals surface area contributed by atoms with Crippen molar-refractivity contribution in [3.8, 4) is 0 Å². The Balaban J connectivity index is 0.000000202. The van der Waals surface area contributed by atoms with Gasteiger partial charge in [-0.05, 0) is 31.6 Å². The molecule has 0 saturated carbocycles. The Morgan fingerprint density at radius 3 is 1.11 bits per heavy atom. The van der Waals surface area contributed by atoms with Crippen LogP contribution in [0.25, 0.3) is 0 Å². The highest BCUT2D eigenvalue weighted by Crippen LogP contribution is 2.23. The first-order chi connectivity index (χ1) is 12.6. The Hall–Kier alpha value is -1.31. The summed E-state index contributed by atoms with van der Waals surface area (Å²) in [6, 6.07) is 0. The standard InChI is InChI=1S/2C7H11NS.C6H10N2S/c2*1-5(2)7-4-8-6(3)9-7;1-4(2)5-3-8-6(7)9-5/h2*4-5H,1-3H3;3-4H,1-2H3,(H2,7,8). The van der Waals surface area contributed by atoms with Crippen LogP contribution < -0.4 is 5.73 Å². The second-order valence-corrected chi connectivity index (χ2v) is 10.8. The smallest absolute Gasteiger partial charge is 0.180 e. The molecule has 0 atom stereocenters. The van der Waals surface area contributed by atoms with Crippen LogP contribution in [0.15, 0.2) is 18.6 Å². The number of hydrogen-bond donors (Lipinski definition) is 1. The SMILES string of the molecule is CC(C)c1cnc(N)s1.Cc1ncc(C(C)C)s1.Cc1ncc(C(C)C)s1. The van der Waals surface area contributed by atoms with Crippen LogP contribution in [0.3, 0.4) is 0 Å². The van der Waals surface area contributed by atoms with E-state index in [2.05, 4.69) is 56.5 Å². The van der Waals surface area contributed by atoms with Crippen molar-refractivity contribution in [2.24, 2.45) is 0 Å². The molecule has 0 aromatic carbocycles. The van der Waals surface area contributed by atoms with Crippen molar-refractivity contribution < 1.29 is 0 Å². The highest BCUT2D eigenvalue weighted by Gasteiger charge is 2.02. The molecule has 0 fully saturated rings. The van der Waals surface area contributed by atoms with E-state index in [4.69, 9.17) is 5.73 Å². The number of aromatic nitrogens is 3. The summed E-state index contributed by atoms with van der Waals surface area (Å²) in [7, 11) is 0. The van der Waals surface area contributed by atoms with E-state index in [1.807, 2.05) is 32.4 Å². The molecule has 3 rings (SSSR count). The molecule has 0 aliphatic heterocycles. The summed E-state index contributed by atoms with van der Waals surface area (Å²) in [5, 5.41) is 3.00. The van der Waals surface area contributed by atoms with Crippen LogP contribution in [-0.4, -0.2) is 15.0 Å². The first-order valence-electron chi connectivity index (χ1n) is 9.15. The fourth-order valence-corrected chi connectivity index (χ4v) is 4.12. The maximum atomic E-state index is 5.42. The van der Waals surface area contributed by atoms with Gasteiger partial charge in [0.2, 0.25) is 0 Å². The molecule has 0 unspecified atom stereocenters. The summed E-state index contributed by atoms with van der Waals surface area (Å²) in [4.78, 5) is 16.3. The van der Waals surface area contributed by atoms with E-state index in [-0.39, 0.29) is 0 Å². The highest BCUT2D eigenvalue weighted by molar-refractivity contribution is 7.15. The van der Waals surface area contributed by atoms with E-state index in [9.17, 15) is 0 Å². The van der Waals surface area contributed by atoms with E-state index in [1.165, 1.54) is 24.6 Å². The van der Waals surface area contributed by atoms with Gasteiger partial charge in [0.15, 0.2) is 5.13 Å². The summed E-state index contributed by atoms with van der Waals surface area (Å²) in [5.41, 5.74) is 5.42. The van der Waals surface area contributed by atoms with E-state index >= 15 is 0 Å². The quantitative estimate of drug-likeness (QED) is 0.491. The fraction of sp³-hybridized carbons (Fsp3) is 0.550. The van der Waals surface area contributed by atoms with E-state index in [1.54, 1.807) is 34.0 Å². The van der Waals surface area contributed by atoms with Gasteiger partial charge in [-0.3, -0.25) is 0 Å². The van der Waals surface area contributed by atoms with Crippen molar-refractivity contribution >= 4 is 39.1 Å². The predicted octanol–water partition coefficient (Wildman–Crippen LogP) is 7.00. The van der Waals surface area contributed by atoms with Crippen LogP contribution in [0, 0.1) is 13.8 Å². The average Bonchev–Trinajstić information content (AvgIpc) is 3.30. The topological polar surface area (TPSA) is 64.7 Å². The van der Waals surface area contributed by atoms with Crippen molar-refractivity contribution in [2.75, 3.05) is 5.73 Å². The minimum absolute atomic E-state index is 0.555. The Morgan fingerprint density at radius 1 is 0.630 bits per heavy atom. The Labute approximate surface area is 175 Å². The third kappa shape index (κ3) is 8.95. The lowest BCUT2D eigenvalue weighted by Gasteiger charge is -1.94. The van der Waals surface area contributed by atoms with Crippen LogP contribution >= 0.6 is 34.0 Å². The highest BCUT2D eigenvalue weighted by atomic mass is 32.1. The van der Waals surface area contributed by atoms with Crippen LogP contribution in [-0.2, 0) is 0 Å². The first kappa shape index (κ1) is 23.7. The molecule has 0 amide bonds. The maximum absolute atomic E-state index is 5.42. The van der Waals surface area contributed by atoms with Crippen molar-refractivity contribution in [1.82, 2.24) is 15.0 Å². The molecule has 7 heteroatoms. The number of nitrogens with two attached hydrogens (primary N) is 1. The Morgan fingerprint density at radius 2 is 0.963 bits per heavy atom. The summed E-state index contributed by atoms with van der Waals surface area (Å²) in [6.07, 6.45) is 5.76. The average molecular weight is 425 g/mol. The molecule has 0 spiro atoms. The van der Waals surface area contributed by atoms with Gasteiger partial charge in [-0.25, -0.2) is 15.0 Å². The first-order valence-corrected chi connectivity index (χ1v) is 11.6. The molecule has 150 valence electrons. The molecule has 3 aromatic heterocycles. The zero-order valence-electron chi connectivity index (χ0n) is 17.6. The molecule has 0 bridgehead atoms. The van der Waals surface area contributed by atoms with E-state index in [0.29, 0.717) is 22.9 Å². The van der Waals surface area contributed by atoms with Gasteiger partial charge in [-0.1, -0.05) is 41.5 Å². The summed E-state index contributed by atoms with van der Waals surface area (Å²) >= 11 is 5.13. The van der Waals surface area contributed by atoms with Gasteiger partial charge in [-0.2, -0.15) is 0 Å². The summed E-state index contributed by atoms with van der Waals surface area (Å²) < 4.78 is 0. The van der Waals surface area contributed by atoms with Crippen LogP contribution in [0.5, 0.6) is 0 Å². The lowest BCUT2D eigenvalue weighted by atomic mass is 10.2. The molecule has 2 N–H and O–H groups in total. The summed E-state index contributed by atoms with van der Waals surface area (Å²) in [6.45, 7) is 17.1. The lowest BCUT2D eigenvalue weighted by molar-refractivity contribution is 0.885. The summed E-state index contributed by atoms with van der Waals surface area (Å²) in [5.74, 6) is 1.83. The molecule has 0 saturated heterocycles. The van der Waals surface area contributed by atoms with Crippen molar-refractivity contribution in [3.05, 3.63) is 43.2 Å². The minimum Gasteiger partial charge on any atom is -0.375 e. The van der Waals surface area contributed by atoms with Crippen molar-refractivity contribution in [3.63, 3.8) is 0 Å². The zero-order chi connectivity index (χ0) is 20.6. The normalized spacial score (nSPS) is 10.6. The number of thiazole rings is 3. The van der Waals surface area contributed by atoms with Gasteiger partial charge in [0.25, 0.3) is 0 Å². The number of nitrogens with zero attached hydrogens (tertiary/aromatic N) is 3. The third-order valence-electron chi connectivity index (χ3n) is 3.53. The third-order valence-corrected chi connectivity index (χ3v) is 7.08. The van der Waals surface area contributed by atoms with Crippen molar-refractivity contribution in [2.45, 2.75) is 73.1 Å². The Bertz CT molecular complexity index is 679. The number of aryl methyl sites for hydroxylation is 2. The van der Waals surface area contributed by atoms with Crippen molar-refractivity contribution in [1.29, 1.82) is 0 Å². The molecule has 0 aliphatic carbocycles. The van der Waals surface area contributed by atoms with Gasteiger partial charge >= 0.3 is 0 Å². The van der Waals surface area contributed by atoms with Crippen LogP contribution in [0.2, 0.25) is 0 Å². The van der Waals surface area contributed by atoms with E-state index < -0.39 is 0 Å². The monoisotopic (exact) mass is 424 g/mol. The molecule has 4 nitrogen and oxygen atoms in total. The molecule has 3 heterocycles. The van der Waals surface area contributed by atoms with Gasteiger partial charge in [0.05, 0.1) is 10.0 Å². The molecule has 0 aliphatic rings. The zero-order valence-corrected chi connectivity index (χ0v) is 20.1. The molecule has 3 aromatic rings. The van der Waals surface area contributed by atoms with Crippen LogP contribution in [0.4, 0.5) is 5.13 Å². The predicted molar refractivity (Wildman–Crippen MR) is 122 cm³/mol. The van der Waals surface area contributed by atoms with Gasteiger partial charge < -0.3 is 5.73 Å². The van der Waals surface area contributed by atoms with Gasteiger partial charge in [0.1, 0.15) is 0 Å². The molecular formula is C20H32N4S3. The molecule has 27 heavy (non-hydrogen) atoms. The van der Waals surface area contributed by atoms with E-state index in [0.717, 1.165) is 0 Å². The molecule has 0 radical (unpaired) electrons. The Kier molecular flexibility index (Phi) is 10.1.